The SMILES string of the molecule is CCCCC/C([O-])=N/N=C(\[O-])c1ccccc1[O-].CCCCC/C([O-])=N/N=C(\[O-])c1ccccc1[O-].CC[O-].CC[O-].[O-2].[O-2].[O-2].[V+4].[V].[V]. The van der Waals surface area contributed by atoms with Gasteiger partial charge in [0.25, 0.3) is 0 Å². The molecule has 0 bridgehead atoms. The van der Waals surface area contributed by atoms with Gasteiger partial charge in [0.1, 0.15) is 0 Å². The summed E-state index contributed by atoms with van der Waals surface area (Å²) in [5, 5.41) is 99.1. The average molecular weight is 785 g/mol. The fraction of sp³-hybridized carbons (Fsp3) is 0.467. The molecule has 0 aliphatic heterocycles. The third-order valence-electron chi connectivity index (χ3n) is 4.73. The molecule has 0 atom stereocenters. The molecule has 2 aromatic carbocycles. The van der Waals surface area contributed by atoms with E-state index in [0.29, 0.717) is 0 Å². The van der Waals surface area contributed by atoms with Crippen molar-refractivity contribution in [1.82, 2.24) is 0 Å². The molecule has 0 saturated carbocycles. The molecule has 271 valence electrons. The van der Waals surface area contributed by atoms with E-state index in [1.54, 1.807) is 26.0 Å². The topological polar surface area (TPSA) is 319 Å². The molecule has 0 aliphatic rings. The second kappa shape index (κ2) is 44.5. The maximum atomic E-state index is 11.5. The number of hydrogen-bond acceptors (Lipinski definition) is 12. The predicted octanol–water partition coefficient (Wildman–Crippen LogP) is -1.39. The quantitative estimate of drug-likeness (QED) is 0.106. The van der Waals surface area contributed by atoms with E-state index in [-0.39, 0.29) is 109 Å². The minimum absolute atomic E-state index is 0. The monoisotopic (exact) mass is 785 g/mol. The van der Waals surface area contributed by atoms with E-state index in [9.17, 15) is 30.6 Å². The summed E-state index contributed by atoms with van der Waals surface area (Å²) in [6, 6.07) is 11.5. The van der Waals surface area contributed by atoms with E-state index in [1.807, 2.05) is 13.8 Å². The van der Waals surface area contributed by atoms with Gasteiger partial charge in [-0.05, 0) is 48.6 Å². The van der Waals surface area contributed by atoms with Crippen molar-refractivity contribution >= 4 is 23.6 Å². The first-order valence-electron chi connectivity index (χ1n) is 13.8. The van der Waals surface area contributed by atoms with Gasteiger partial charge in [0.15, 0.2) is 0 Å². The van der Waals surface area contributed by atoms with Crippen LogP contribution in [0.15, 0.2) is 68.9 Å². The van der Waals surface area contributed by atoms with Crippen LogP contribution >= 0.6 is 0 Å². The van der Waals surface area contributed by atoms with Gasteiger partial charge in [-0.2, -0.15) is 20.4 Å². The molecule has 0 aromatic heterocycles. The molecule has 2 aromatic rings. The molecule has 0 unspecified atom stereocenters. The van der Waals surface area contributed by atoms with Crippen LogP contribution in [0.4, 0.5) is 0 Å². The molecule has 0 fully saturated rings. The molecule has 0 aliphatic carbocycles. The van der Waals surface area contributed by atoms with Crippen LogP contribution in [0.1, 0.15) is 90.2 Å². The van der Waals surface area contributed by atoms with E-state index < -0.39 is 35.1 Å². The van der Waals surface area contributed by atoms with E-state index in [2.05, 4.69) is 20.4 Å². The van der Waals surface area contributed by atoms with Crippen LogP contribution in [-0.4, -0.2) is 36.8 Å². The summed E-state index contributed by atoms with van der Waals surface area (Å²) in [6.07, 6.45) is 5.94. The second-order valence-corrected chi connectivity index (χ2v) is 8.28. The molecule has 0 heterocycles. The van der Waals surface area contributed by atoms with E-state index in [4.69, 9.17) is 10.2 Å². The predicted molar refractivity (Wildman–Crippen MR) is 151 cm³/mol. The Kier molecular flexibility index (Phi) is 59.3. The maximum absolute atomic E-state index is 11.5. The van der Waals surface area contributed by atoms with Gasteiger partial charge in [-0.3, -0.25) is 0 Å². The van der Waals surface area contributed by atoms with Gasteiger partial charge in [-0.25, -0.2) is 0 Å². The van der Waals surface area contributed by atoms with Crippen molar-refractivity contribution in [1.29, 1.82) is 0 Å². The Hall–Kier alpha value is -2.53. The number of rotatable bonds is 12. The van der Waals surface area contributed by atoms with Crippen LogP contribution in [0.5, 0.6) is 11.5 Å². The van der Waals surface area contributed by atoms with Crippen molar-refractivity contribution < 1.29 is 113 Å². The number of unbranched alkanes of at least 4 members (excludes halogenated alkanes) is 4. The molecule has 15 nitrogen and oxygen atoms in total. The average Bonchev–Trinajstić information content (AvgIpc) is 2.96. The Morgan fingerprint density at radius 1 is 0.521 bits per heavy atom. The third-order valence-corrected chi connectivity index (χ3v) is 4.73. The Bertz CT molecular complexity index is 1030. The Morgan fingerprint density at radius 3 is 1.04 bits per heavy atom. The van der Waals surface area contributed by atoms with E-state index >= 15 is 0 Å². The zero-order chi connectivity index (χ0) is 32.2. The maximum Gasteiger partial charge on any atom is 4.00 e. The smallest absolute Gasteiger partial charge is 2.00 e. The van der Waals surface area contributed by atoms with Crippen molar-refractivity contribution in [3.05, 3.63) is 59.7 Å². The van der Waals surface area contributed by atoms with Gasteiger partial charge in [-0.1, -0.05) is 102 Å². The first-order chi connectivity index (χ1) is 20.1. The van der Waals surface area contributed by atoms with Gasteiger partial charge in [-0.15, -0.1) is 24.7 Å². The molecule has 48 heavy (non-hydrogen) atoms. The fourth-order valence-corrected chi connectivity index (χ4v) is 2.75. The molecule has 0 N–H and O–H groups in total. The standard InChI is InChI=1S/2C13H18N2O3.2C2H5O.3O.3V/c2*1-2-3-4-9-12(17)14-15-13(18)10-7-5-6-8-11(10)16;2*1-2-3;;;;;;/h2*5-8,16H,2-4,9H2,1H3,(H,14,17)(H,15,18);2*2H2,1H3;;;;;;/q;;2*-1;3*-2;;;+4/p-6. The summed E-state index contributed by atoms with van der Waals surface area (Å²) in [5.41, 5.74) is -0.134. The normalized spacial score (nSPS) is 10.3. The Balaban J connectivity index is -0.0000000859. The van der Waals surface area contributed by atoms with Crippen molar-refractivity contribution in [3.63, 3.8) is 0 Å². The van der Waals surface area contributed by atoms with Crippen LogP contribution in [0, 0.1) is 0 Å². The van der Waals surface area contributed by atoms with Crippen LogP contribution in [0.25, 0.3) is 0 Å². The summed E-state index contributed by atoms with van der Waals surface area (Å²) < 4.78 is 0. The first kappa shape index (κ1) is 64.0. The van der Waals surface area contributed by atoms with Crippen LogP contribution in [0.3, 0.4) is 0 Å². The van der Waals surface area contributed by atoms with Crippen molar-refractivity contribution in [2.24, 2.45) is 20.4 Å². The Morgan fingerprint density at radius 2 is 0.792 bits per heavy atom. The zero-order valence-electron chi connectivity index (χ0n) is 27.3. The number of nitrogens with zero attached hydrogens (tertiary/aromatic N) is 4. The van der Waals surface area contributed by atoms with Crippen LogP contribution in [-0.2, 0) is 72.1 Å². The fourth-order valence-electron chi connectivity index (χ4n) is 2.75. The Labute approximate surface area is 318 Å². The summed E-state index contributed by atoms with van der Waals surface area (Å²) in [7, 11) is 0. The molecule has 3 radical (unpaired) electrons. The number of benzene rings is 2. The minimum Gasteiger partial charge on any atom is -2.00 e. The van der Waals surface area contributed by atoms with E-state index in [0.717, 1.165) is 38.5 Å². The molecule has 0 spiro atoms. The molecule has 2 rings (SSSR count). The van der Waals surface area contributed by atoms with E-state index in [1.165, 1.54) is 36.4 Å². The van der Waals surface area contributed by atoms with Gasteiger partial charge in [0.05, 0.1) is 0 Å². The van der Waals surface area contributed by atoms with Gasteiger partial charge >= 0.3 is 18.6 Å². The third kappa shape index (κ3) is 34.8. The summed E-state index contributed by atoms with van der Waals surface area (Å²) in [5.74, 6) is -3.24. The first-order valence-corrected chi connectivity index (χ1v) is 13.8. The largest absolute Gasteiger partial charge is 4.00 e. The zero-order valence-corrected chi connectivity index (χ0v) is 31.5. The summed E-state index contributed by atoms with van der Waals surface area (Å²) in [6.45, 7) is 7.20. The summed E-state index contributed by atoms with van der Waals surface area (Å²) >= 11 is 0. The van der Waals surface area contributed by atoms with Crippen molar-refractivity contribution in [2.75, 3.05) is 13.2 Å². The molecular formula is C30H40N4O11V3-10. The minimum atomic E-state index is -0.774. The molecular weight excluding hydrogens is 745 g/mol. The van der Waals surface area contributed by atoms with Gasteiger partial charge in [0.2, 0.25) is 0 Å². The van der Waals surface area contributed by atoms with Crippen LogP contribution < -0.4 is 40.9 Å². The van der Waals surface area contributed by atoms with Gasteiger partial charge in [0, 0.05) is 48.9 Å². The second-order valence-electron chi connectivity index (χ2n) is 8.28. The molecule has 0 amide bonds. The molecule has 0 saturated heterocycles. The number of hydrogen-bond donors (Lipinski definition) is 0. The van der Waals surface area contributed by atoms with Gasteiger partial charge < -0.3 is 57.3 Å². The van der Waals surface area contributed by atoms with Crippen molar-refractivity contribution in [2.45, 2.75) is 79.1 Å². The number of para-hydroxylation sites is 2. The summed E-state index contributed by atoms with van der Waals surface area (Å²) in [4.78, 5) is 0. The van der Waals surface area contributed by atoms with Crippen molar-refractivity contribution in [3.8, 4) is 11.5 Å². The van der Waals surface area contributed by atoms with Crippen LogP contribution in [0.2, 0.25) is 0 Å². The molecule has 18 heteroatoms.